The van der Waals surface area contributed by atoms with Crippen LogP contribution in [0.2, 0.25) is 0 Å². The smallest absolute Gasteiger partial charge is 0.197 e. The van der Waals surface area contributed by atoms with Gasteiger partial charge in [0.05, 0.1) is 16.7 Å². The van der Waals surface area contributed by atoms with Gasteiger partial charge in [-0.1, -0.05) is 6.58 Å². The molecular formula is C17H11FN4O. The van der Waals surface area contributed by atoms with Crippen LogP contribution in [0, 0.1) is 5.82 Å². The van der Waals surface area contributed by atoms with Gasteiger partial charge in [0.1, 0.15) is 18.5 Å². The molecule has 4 aromatic rings. The second-order valence-corrected chi connectivity index (χ2v) is 5.08. The van der Waals surface area contributed by atoms with Gasteiger partial charge >= 0.3 is 0 Å². The average Bonchev–Trinajstić information content (AvgIpc) is 3.10. The van der Waals surface area contributed by atoms with Gasteiger partial charge in [0, 0.05) is 17.0 Å². The second-order valence-electron chi connectivity index (χ2n) is 5.08. The predicted octanol–water partition coefficient (Wildman–Crippen LogP) is 2.98. The van der Waals surface area contributed by atoms with Crippen molar-refractivity contribution in [3.63, 3.8) is 0 Å². The third-order valence-electron chi connectivity index (χ3n) is 3.81. The molecule has 2 aromatic carbocycles. The van der Waals surface area contributed by atoms with Gasteiger partial charge in [0.15, 0.2) is 5.43 Å². The van der Waals surface area contributed by atoms with E-state index in [0.29, 0.717) is 21.8 Å². The monoisotopic (exact) mass is 306 g/mol. The van der Waals surface area contributed by atoms with Gasteiger partial charge in [0.25, 0.3) is 0 Å². The number of halogens is 1. The van der Waals surface area contributed by atoms with E-state index < -0.39 is 5.82 Å². The lowest BCUT2D eigenvalue weighted by Crippen LogP contribution is -2.09. The van der Waals surface area contributed by atoms with E-state index in [1.54, 1.807) is 40.0 Å². The molecule has 4 rings (SSSR count). The fraction of sp³-hybridized carbons (Fsp3) is 0. The normalized spacial score (nSPS) is 11.2. The van der Waals surface area contributed by atoms with E-state index in [1.165, 1.54) is 18.5 Å². The second kappa shape index (κ2) is 4.88. The van der Waals surface area contributed by atoms with Crippen molar-refractivity contribution in [3.8, 4) is 5.69 Å². The summed E-state index contributed by atoms with van der Waals surface area (Å²) in [5.41, 5.74) is 1.84. The molecule has 0 aliphatic rings. The molecule has 0 saturated heterocycles. The van der Waals surface area contributed by atoms with Crippen molar-refractivity contribution in [3.05, 3.63) is 71.7 Å². The zero-order valence-corrected chi connectivity index (χ0v) is 12.0. The molecule has 5 nitrogen and oxygen atoms in total. The van der Waals surface area contributed by atoms with Crippen LogP contribution < -0.4 is 5.43 Å². The molecule has 2 aromatic heterocycles. The van der Waals surface area contributed by atoms with Gasteiger partial charge < -0.3 is 4.57 Å². The fourth-order valence-corrected chi connectivity index (χ4v) is 2.77. The number of fused-ring (bicyclic) bond motifs is 2. The van der Waals surface area contributed by atoms with Crippen molar-refractivity contribution < 1.29 is 4.39 Å². The zero-order valence-electron chi connectivity index (χ0n) is 12.0. The summed E-state index contributed by atoms with van der Waals surface area (Å²) in [6.07, 6.45) is 4.62. The van der Waals surface area contributed by atoms with Crippen molar-refractivity contribution in [2.45, 2.75) is 0 Å². The summed E-state index contributed by atoms with van der Waals surface area (Å²) in [5, 5.41) is 4.91. The van der Waals surface area contributed by atoms with E-state index in [-0.39, 0.29) is 5.43 Å². The van der Waals surface area contributed by atoms with Crippen LogP contribution in [0.25, 0.3) is 33.7 Å². The number of rotatable bonds is 2. The number of pyridine rings is 1. The average molecular weight is 306 g/mol. The Hall–Kier alpha value is -3.28. The Morgan fingerprint density at radius 3 is 2.70 bits per heavy atom. The van der Waals surface area contributed by atoms with Gasteiger partial charge in [-0.05, 0) is 36.4 Å². The molecule has 2 heterocycles. The van der Waals surface area contributed by atoms with E-state index in [4.69, 9.17) is 0 Å². The van der Waals surface area contributed by atoms with Gasteiger partial charge in [-0.25, -0.2) is 14.1 Å². The Morgan fingerprint density at radius 2 is 1.96 bits per heavy atom. The van der Waals surface area contributed by atoms with Crippen LogP contribution in [-0.2, 0) is 0 Å². The minimum absolute atomic E-state index is 0.210. The number of nitrogens with zero attached hydrogens (tertiary/aromatic N) is 4. The summed E-state index contributed by atoms with van der Waals surface area (Å²) in [6, 6.07) is 9.47. The van der Waals surface area contributed by atoms with Crippen LogP contribution in [0.15, 0.2) is 60.4 Å². The highest BCUT2D eigenvalue weighted by molar-refractivity contribution is 5.96. The fourth-order valence-electron chi connectivity index (χ4n) is 2.77. The minimum atomic E-state index is -0.441. The van der Waals surface area contributed by atoms with Crippen molar-refractivity contribution in [1.29, 1.82) is 0 Å². The first-order chi connectivity index (χ1) is 11.2. The molecule has 0 atom stereocenters. The Labute approximate surface area is 129 Å². The molecule has 0 aliphatic heterocycles. The van der Waals surface area contributed by atoms with Crippen LogP contribution in [0.1, 0.15) is 0 Å². The minimum Gasteiger partial charge on any atom is -0.316 e. The number of aromatic nitrogens is 4. The van der Waals surface area contributed by atoms with Gasteiger partial charge in [-0.2, -0.15) is 5.10 Å². The molecule has 112 valence electrons. The van der Waals surface area contributed by atoms with Crippen LogP contribution in [0.3, 0.4) is 0 Å². The van der Waals surface area contributed by atoms with Gasteiger partial charge in [-0.3, -0.25) is 4.79 Å². The lowest BCUT2D eigenvalue weighted by atomic mass is 10.1. The topological polar surface area (TPSA) is 52.7 Å². The lowest BCUT2D eigenvalue weighted by Gasteiger charge is -2.12. The first kappa shape index (κ1) is 13.4. The quantitative estimate of drug-likeness (QED) is 0.535. The predicted molar refractivity (Wildman–Crippen MR) is 87.0 cm³/mol. The number of hydrogen-bond acceptors (Lipinski definition) is 3. The maximum atomic E-state index is 13.5. The highest BCUT2D eigenvalue weighted by atomic mass is 19.1. The summed E-state index contributed by atoms with van der Waals surface area (Å²) in [6.45, 7) is 3.81. The standard InChI is InChI=1S/C17H11FN4O/c1-2-21-15-6-3-11(18)7-14(15)17(23)13-5-4-12(8-16(13)21)22-10-19-9-20-22/h2-10H,1H2. The number of hydrogen-bond donors (Lipinski definition) is 0. The van der Waals surface area contributed by atoms with Crippen LogP contribution in [0.4, 0.5) is 4.39 Å². The first-order valence-electron chi connectivity index (χ1n) is 6.94. The van der Waals surface area contributed by atoms with Crippen molar-refractivity contribution in [2.75, 3.05) is 0 Å². The number of benzene rings is 2. The third kappa shape index (κ3) is 1.96. The van der Waals surface area contributed by atoms with Crippen molar-refractivity contribution >= 4 is 28.0 Å². The summed E-state index contributed by atoms with van der Waals surface area (Å²) in [7, 11) is 0. The molecule has 0 N–H and O–H groups in total. The summed E-state index contributed by atoms with van der Waals surface area (Å²) < 4.78 is 16.9. The molecule has 0 spiro atoms. The van der Waals surface area contributed by atoms with Crippen molar-refractivity contribution in [1.82, 2.24) is 19.3 Å². The van der Waals surface area contributed by atoms with E-state index in [0.717, 1.165) is 5.69 Å². The summed E-state index contributed by atoms with van der Waals surface area (Å²) in [5.74, 6) is -0.441. The van der Waals surface area contributed by atoms with Gasteiger partial charge in [-0.15, -0.1) is 0 Å². The maximum Gasteiger partial charge on any atom is 0.197 e. The first-order valence-corrected chi connectivity index (χ1v) is 6.94. The Kier molecular flexibility index (Phi) is 2.84. The maximum absolute atomic E-state index is 13.5. The Bertz CT molecular complexity index is 1110. The van der Waals surface area contributed by atoms with E-state index in [9.17, 15) is 9.18 Å². The highest BCUT2D eigenvalue weighted by Crippen LogP contribution is 2.22. The largest absolute Gasteiger partial charge is 0.316 e. The lowest BCUT2D eigenvalue weighted by molar-refractivity contribution is 0.629. The summed E-state index contributed by atoms with van der Waals surface area (Å²) in [4.78, 5) is 16.6. The van der Waals surface area contributed by atoms with Gasteiger partial charge in [0.2, 0.25) is 0 Å². The zero-order chi connectivity index (χ0) is 16.0. The molecule has 0 radical (unpaired) electrons. The van der Waals surface area contributed by atoms with E-state index in [1.807, 2.05) is 6.07 Å². The Morgan fingerprint density at radius 1 is 1.09 bits per heavy atom. The van der Waals surface area contributed by atoms with Crippen molar-refractivity contribution in [2.24, 2.45) is 0 Å². The molecule has 0 unspecified atom stereocenters. The van der Waals surface area contributed by atoms with E-state index in [2.05, 4.69) is 16.7 Å². The summed E-state index contributed by atoms with van der Waals surface area (Å²) >= 11 is 0. The Balaban J connectivity index is 2.17. The molecule has 0 fully saturated rings. The molecular weight excluding hydrogens is 295 g/mol. The van der Waals surface area contributed by atoms with Crippen LogP contribution in [0.5, 0.6) is 0 Å². The molecule has 0 bridgehead atoms. The molecule has 23 heavy (non-hydrogen) atoms. The third-order valence-corrected chi connectivity index (χ3v) is 3.81. The van der Waals surface area contributed by atoms with E-state index >= 15 is 0 Å². The molecule has 0 amide bonds. The highest BCUT2D eigenvalue weighted by Gasteiger charge is 2.11. The SMILES string of the molecule is C=Cn1c2ccc(F)cc2c(=O)c2ccc(-n3cncn3)cc21. The molecule has 6 heteroatoms. The van der Waals surface area contributed by atoms with Crippen LogP contribution in [-0.4, -0.2) is 19.3 Å². The molecule has 0 aliphatic carbocycles. The molecule has 0 saturated carbocycles. The van der Waals surface area contributed by atoms with Crippen LogP contribution >= 0.6 is 0 Å².